The molecule has 22 heavy (non-hydrogen) atoms. The fourth-order valence-electron chi connectivity index (χ4n) is 1.97. The van der Waals surface area contributed by atoms with Gasteiger partial charge in [-0.05, 0) is 36.2 Å². The van der Waals surface area contributed by atoms with Gasteiger partial charge in [-0.2, -0.15) is 5.26 Å². The summed E-state index contributed by atoms with van der Waals surface area (Å²) in [5.41, 5.74) is 1.69. The van der Waals surface area contributed by atoms with Crippen LogP contribution in [0.15, 0.2) is 54.6 Å². The number of ketones is 1. The molecular weight excluding hydrogens is 281 g/mol. The molecule has 0 saturated carbocycles. The molecule has 2 aromatic carbocycles. The first-order valence-corrected chi connectivity index (χ1v) is 6.77. The summed E-state index contributed by atoms with van der Waals surface area (Å²) >= 11 is 0. The lowest BCUT2D eigenvalue weighted by Gasteiger charge is -2.02. The van der Waals surface area contributed by atoms with Crippen LogP contribution in [0.1, 0.15) is 23.1 Å². The summed E-state index contributed by atoms with van der Waals surface area (Å²) in [6, 6.07) is 14.3. The van der Waals surface area contributed by atoms with Crippen molar-refractivity contribution in [3.05, 3.63) is 77.1 Å². The molecule has 2 aromatic rings. The van der Waals surface area contributed by atoms with Gasteiger partial charge in [-0.3, -0.25) is 4.79 Å². The van der Waals surface area contributed by atoms with Gasteiger partial charge in [-0.15, -0.1) is 0 Å². The van der Waals surface area contributed by atoms with E-state index in [4.69, 9.17) is 5.26 Å². The van der Waals surface area contributed by atoms with Crippen molar-refractivity contribution in [3.63, 3.8) is 0 Å². The Bertz CT molecular complexity index is 742. The minimum Gasteiger partial charge on any atom is -0.507 e. The summed E-state index contributed by atoms with van der Waals surface area (Å²) in [5, 5.41) is 18.7. The minimum atomic E-state index is -0.315. The number of halogens is 1. The number of allylic oxidation sites excluding steroid dienone is 1. The van der Waals surface area contributed by atoms with E-state index in [-0.39, 0.29) is 23.8 Å². The molecule has 0 atom stereocenters. The van der Waals surface area contributed by atoms with Crippen LogP contribution in [0.2, 0.25) is 0 Å². The molecule has 0 bridgehead atoms. The Hall–Kier alpha value is -2.93. The topological polar surface area (TPSA) is 61.1 Å². The molecule has 0 amide bonds. The fourth-order valence-corrected chi connectivity index (χ4v) is 1.97. The van der Waals surface area contributed by atoms with Crippen LogP contribution in [-0.4, -0.2) is 10.9 Å². The maximum Gasteiger partial charge on any atom is 0.159 e. The highest BCUT2D eigenvalue weighted by Gasteiger charge is 2.05. The number of rotatable bonds is 5. The van der Waals surface area contributed by atoms with Crippen LogP contribution in [-0.2, 0) is 11.2 Å². The normalized spacial score (nSPS) is 11.0. The molecule has 110 valence electrons. The number of aliphatic hydroxyl groups excluding tert-OH is 1. The zero-order valence-corrected chi connectivity index (χ0v) is 11.8. The molecule has 0 aromatic heterocycles. The highest BCUT2D eigenvalue weighted by atomic mass is 19.1. The second kappa shape index (κ2) is 7.19. The van der Waals surface area contributed by atoms with Gasteiger partial charge in [-0.1, -0.05) is 24.3 Å². The van der Waals surface area contributed by atoms with Crippen LogP contribution >= 0.6 is 0 Å². The van der Waals surface area contributed by atoms with Crippen LogP contribution in [0.5, 0.6) is 0 Å². The predicted octanol–water partition coefficient (Wildman–Crippen LogP) is 3.80. The van der Waals surface area contributed by atoms with Gasteiger partial charge in [0.25, 0.3) is 0 Å². The lowest BCUT2D eigenvalue weighted by Crippen LogP contribution is -1.98. The van der Waals surface area contributed by atoms with E-state index in [1.807, 2.05) is 6.07 Å². The lowest BCUT2D eigenvalue weighted by atomic mass is 10.1. The second-order valence-electron chi connectivity index (χ2n) is 4.81. The summed E-state index contributed by atoms with van der Waals surface area (Å²) in [6.45, 7) is 0. The van der Waals surface area contributed by atoms with Gasteiger partial charge in [-0.25, -0.2) is 4.39 Å². The molecule has 0 unspecified atom stereocenters. The van der Waals surface area contributed by atoms with E-state index in [0.29, 0.717) is 17.5 Å². The predicted molar refractivity (Wildman–Crippen MR) is 81.5 cm³/mol. The summed E-state index contributed by atoms with van der Waals surface area (Å²) in [4.78, 5) is 11.8. The van der Waals surface area contributed by atoms with Gasteiger partial charge in [0.05, 0.1) is 11.6 Å². The summed E-state index contributed by atoms with van der Waals surface area (Å²) in [7, 11) is 0. The molecule has 2 rings (SSSR count). The van der Waals surface area contributed by atoms with E-state index in [0.717, 1.165) is 11.6 Å². The number of aliphatic hydroxyl groups is 1. The SMILES string of the molecule is N#Cc1cccc(C(O)=CC(=O)CCc2ccc(F)cc2)c1. The maximum absolute atomic E-state index is 12.8. The van der Waals surface area contributed by atoms with Gasteiger partial charge in [0.1, 0.15) is 11.6 Å². The molecule has 0 spiro atoms. The number of carbonyl (C=O) groups excluding carboxylic acids is 1. The van der Waals surface area contributed by atoms with Crippen molar-refractivity contribution in [2.24, 2.45) is 0 Å². The molecule has 0 fully saturated rings. The highest BCUT2D eigenvalue weighted by molar-refractivity contribution is 5.95. The molecule has 0 radical (unpaired) electrons. The van der Waals surface area contributed by atoms with Crippen molar-refractivity contribution >= 4 is 11.5 Å². The Balaban J connectivity index is 2.00. The number of aryl methyl sites for hydroxylation is 1. The van der Waals surface area contributed by atoms with Gasteiger partial charge in [0, 0.05) is 18.1 Å². The third-order valence-electron chi connectivity index (χ3n) is 3.16. The third-order valence-corrected chi connectivity index (χ3v) is 3.16. The molecule has 0 heterocycles. The Morgan fingerprint density at radius 1 is 1.23 bits per heavy atom. The first kappa shape index (κ1) is 15.5. The second-order valence-corrected chi connectivity index (χ2v) is 4.81. The molecule has 0 aliphatic heterocycles. The van der Waals surface area contributed by atoms with Crippen LogP contribution in [0, 0.1) is 17.1 Å². The molecule has 4 heteroatoms. The van der Waals surface area contributed by atoms with E-state index in [9.17, 15) is 14.3 Å². The first-order valence-electron chi connectivity index (χ1n) is 6.77. The van der Waals surface area contributed by atoms with Crippen molar-refractivity contribution < 1.29 is 14.3 Å². The number of nitrogens with zero attached hydrogens (tertiary/aromatic N) is 1. The van der Waals surface area contributed by atoms with E-state index < -0.39 is 0 Å². The monoisotopic (exact) mass is 295 g/mol. The molecule has 0 aliphatic rings. The van der Waals surface area contributed by atoms with E-state index in [2.05, 4.69) is 0 Å². The van der Waals surface area contributed by atoms with Crippen LogP contribution in [0.4, 0.5) is 4.39 Å². The summed E-state index contributed by atoms with van der Waals surface area (Å²) in [5.74, 6) is -0.713. The number of benzene rings is 2. The third kappa shape index (κ3) is 4.29. The molecule has 1 N–H and O–H groups in total. The average Bonchev–Trinajstić information content (AvgIpc) is 2.54. The number of hydrogen-bond donors (Lipinski definition) is 1. The lowest BCUT2D eigenvalue weighted by molar-refractivity contribution is -0.114. The van der Waals surface area contributed by atoms with Crippen LogP contribution < -0.4 is 0 Å². The van der Waals surface area contributed by atoms with E-state index in [1.165, 1.54) is 18.2 Å². The van der Waals surface area contributed by atoms with Gasteiger partial charge < -0.3 is 5.11 Å². The summed E-state index contributed by atoms with van der Waals surface area (Å²) < 4.78 is 12.8. The molecule has 0 saturated heterocycles. The standard InChI is InChI=1S/C18H14FNO2/c19-16-7-4-13(5-8-16)6-9-17(21)11-18(22)15-3-1-2-14(10-15)12-20/h1-5,7-8,10-11,22H,6,9H2. The zero-order valence-electron chi connectivity index (χ0n) is 11.8. The van der Waals surface area contributed by atoms with Crippen molar-refractivity contribution in [3.8, 4) is 6.07 Å². The Morgan fingerprint density at radius 3 is 2.64 bits per heavy atom. The molecular formula is C18H14FNO2. The molecule has 3 nitrogen and oxygen atoms in total. The van der Waals surface area contributed by atoms with Crippen LogP contribution in [0.25, 0.3) is 5.76 Å². The summed E-state index contributed by atoms with van der Waals surface area (Å²) in [6.07, 6.45) is 1.84. The van der Waals surface area contributed by atoms with Gasteiger partial charge in [0.15, 0.2) is 5.78 Å². The smallest absolute Gasteiger partial charge is 0.159 e. The first-order chi connectivity index (χ1) is 10.6. The van der Waals surface area contributed by atoms with E-state index >= 15 is 0 Å². The zero-order chi connectivity index (χ0) is 15.9. The van der Waals surface area contributed by atoms with Gasteiger partial charge in [0.2, 0.25) is 0 Å². The van der Waals surface area contributed by atoms with Crippen molar-refractivity contribution in [2.75, 3.05) is 0 Å². The fraction of sp³-hybridized carbons (Fsp3) is 0.111. The van der Waals surface area contributed by atoms with Crippen molar-refractivity contribution in [2.45, 2.75) is 12.8 Å². The quantitative estimate of drug-likeness (QED) is 0.674. The van der Waals surface area contributed by atoms with E-state index in [1.54, 1.807) is 30.3 Å². The number of hydrogen-bond acceptors (Lipinski definition) is 3. The highest BCUT2D eigenvalue weighted by Crippen LogP contribution is 2.14. The van der Waals surface area contributed by atoms with Gasteiger partial charge >= 0.3 is 0 Å². The van der Waals surface area contributed by atoms with Crippen molar-refractivity contribution in [1.82, 2.24) is 0 Å². The number of nitriles is 1. The average molecular weight is 295 g/mol. The van der Waals surface area contributed by atoms with Crippen molar-refractivity contribution in [1.29, 1.82) is 5.26 Å². The molecule has 0 aliphatic carbocycles. The largest absolute Gasteiger partial charge is 0.507 e. The maximum atomic E-state index is 12.8. The van der Waals surface area contributed by atoms with Crippen LogP contribution in [0.3, 0.4) is 0 Å². The Morgan fingerprint density at radius 2 is 1.95 bits per heavy atom. The number of carbonyl (C=O) groups is 1. The minimum absolute atomic E-state index is 0.166. The Kier molecular flexibility index (Phi) is 5.05. The Labute approximate surface area is 128 Å².